The number of hydrogen-bond acceptors (Lipinski definition) is 3. The Labute approximate surface area is 163 Å². The predicted octanol–water partition coefficient (Wildman–Crippen LogP) is 4.45. The van der Waals surface area contributed by atoms with Gasteiger partial charge in [-0.25, -0.2) is 0 Å². The maximum absolute atomic E-state index is 12.1. The zero-order chi connectivity index (χ0) is 19.1. The third kappa shape index (κ3) is 6.46. The van der Waals surface area contributed by atoms with Crippen molar-refractivity contribution in [3.8, 4) is 0 Å². The van der Waals surface area contributed by atoms with Crippen LogP contribution in [0.15, 0.2) is 48.5 Å². The van der Waals surface area contributed by atoms with E-state index in [1.807, 2.05) is 13.8 Å². The highest BCUT2D eigenvalue weighted by atomic mass is 35.5. The zero-order valence-corrected chi connectivity index (χ0v) is 16.1. The van der Waals surface area contributed by atoms with Crippen molar-refractivity contribution in [1.29, 1.82) is 0 Å². The molecule has 0 aromatic heterocycles. The zero-order valence-electron chi connectivity index (χ0n) is 14.5. The van der Waals surface area contributed by atoms with E-state index in [0.29, 0.717) is 34.3 Å². The Balaban J connectivity index is 1.87. The number of thiocarbonyl (C=S) groups is 1. The van der Waals surface area contributed by atoms with Crippen molar-refractivity contribution in [3.63, 3.8) is 0 Å². The van der Waals surface area contributed by atoms with Gasteiger partial charge in [0.15, 0.2) is 5.11 Å². The van der Waals surface area contributed by atoms with E-state index < -0.39 is 0 Å². The van der Waals surface area contributed by atoms with Gasteiger partial charge in [0.2, 0.25) is 5.91 Å². The number of anilines is 2. The van der Waals surface area contributed by atoms with Crippen molar-refractivity contribution in [2.45, 2.75) is 20.3 Å². The second-order valence-corrected chi connectivity index (χ2v) is 6.98. The van der Waals surface area contributed by atoms with E-state index in [1.54, 1.807) is 48.5 Å². The second kappa shape index (κ2) is 9.31. The summed E-state index contributed by atoms with van der Waals surface area (Å²) in [6, 6.07) is 13.6. The van der Waals surface area contributed by atoms with Crippen LogP contribution in [0, 0.1) is 5.92 Å². The summed E-state index contributed by atoms with van der Waals surface area (Å²) in [4.78, 5) is 23.9. The summed E-state index contributed by atoms with van der Waals surface area (Å²) in [6.45, 7) is 3.98. The molecule has 0 heterocycles. The van der Waals surface area contributed by atoms with Gasteiger partial charge in [0.25, 0.3) is 5.91 Å². The molecule has 7 heteroatoms. The van der Waals surface area contributed by atoms with Gasteiger partial charge in [0.05, 0.1) is 0 Å². The van der Waals surface area contributed by atoms with Crippen LogP contribution in [0.5, 0.6) is 0 Å². The Hall–Kier alpha value is -2.44. The molecule has 2 aromatic carbocycles. The van der Waals surface area contributed by atoms with Crippen molar-refractivity contribution in [3.05, 3.63) is 59.1 Å². The fraction of sp³-hybridized carbons (Fsp3) is 0.211. The molecular formula is C19H20ClN3O2S. The summed E-state index contributed by atoms with van der Waals surface area (Å²) in [5.41, 5.74) is 1.87. The molecule has 0 aliphatic heterocycles. The number of nitrogens with one attached hydrogen (secondary N) is 3. The minimum absolute atomic E-state index is 0.0218. The van der Waals surface area contributed by atoms with Gasteiger partial charge in [-0.2, -0.15) is 0 Å². The van der Waals surface area contributed by atoms with E-state index in [4.69, 9.17) is 23.8 Å². The quantitative estimate of drug-likeness (QED) is 0.660. The molecule has 0 saturated carbocycles. The van der Waals surface area contributed by atoms with Crippen molar-refractivity contribution >= 4 is 52.1 Å². The van der Waals surface area contributed by atoms with Crippen LogP contribution in [0.4, 0.5) is 11.4 Å². The SMILES string of the molecule is CC(C)CC(=O)Nc1ccc(NC(=S)NC(=O)c2ccc(Cl)cc2)cc1. The van der Waals surface area contributed by atoms with Gasteiger partial charge in [-0.3, -0.25) is 14.9 Å². The highest BCUT2D eigenvalue weighted by Crippen LogP contribution is 2.15. The van der Waals surface area contributed by atoms with Crippen molar-refractivity contribution in [2.75, 3.05) is 10.6 Å². The van der Waals surface area contributed by atoms with Gasteiger partial charge < -0.3 is 10.6 Å². The topological polar surface area (TPSA) is 70.2 Å². The number of carbonyl (C=O) groups excluding carboxylic acids is 2. The lowest BCUT2D eigenvalue weighted by Gasteiger charge is -2.11. The molecule has 2 amide bonds. The van der Waals surface area contributed by atoms with Gasteiger partial charge in [0.1, 0.15) is 0 Å². The first kappa shape index (κ1) is 19.9. The van der Waals surface area contributed by atoms with Crippen LogP contribution >= 0.6 is 23.8 Å². The minimum atomic E-state index is -0.322. The third-order valence-electron chi connectivity index (χ3n) is 3.35. The first-order valence-corrected chi connectivity index (χ1v) is 8.90. The second-order valence-electron chi connectivity index (χ2n) is 6.14. The molecule has 0 radical (unpaired) electrons. The summed E-state index contributed by atoms with van der Waals surface area (Å²) >= 11 is 11.0. The average molecular weight is 390 g/mol. The van der Waals surface area contributed by atoms with Crippen LogP contribution in [0.2, 0.25) is 5.02 Å². The molecule has 0 aliphatic rings. The highest BCUT2D eigenvalue weighted by Gasteiger charge is 2.08. The maximum atomic E-state index is 12.1. The van der Waals surface area contributed by atoms with E-state index in [1.165, 1.54) is 0 Å². The molecule has 0 saturated heterocycles. The number of hydrogen-bond donors (Lipinski definition) is 3. The molecule has 0 fully saturated rings. The Morgan fingerprint density at radius 2 is 1.50 bits per heavy atom. The van der Waals surface area contributed by atoms with Gasteiger partial charge in [-0.1, -0.05) is 25.4 Å². The van der Waals surface area contributed by atoms with Gasteiger partial charge in [-0.05, 0) is 66.7 Å². The fourth-order valence-corrected chi connectivity index (χ4v) is 2.50. The monoisotopic (exact) mass is 389 g/mol. The number of halogens is 1. The first-order valence-electron chi connectivity index (χ1n) is 8.11. The average Bonchev–Trinajstić information content (AvgIpc) is 2.56. The normalized spacial score (nSPS) is 10.3. The summed E-state index contributed by atoms with van der Waals surface area (Å²) in [6.07, 6.45) is 0.473. The van der Waals surface area contributed by atoms with Crippen LogP contribution in [-0.4, -0.2) is 16.9 Å². The lowest BCUT2D eigenvalue weighted by Crippen LogP contribution is -2.34. The molecule has 26 heavy (non-hydrogen) atoms. The minimum Gasteiger partial charge on any atom is -0.332 e. The van der Waals surface area contributed by atoms with E-state index in [-0.39, 0.29) is 16.9 Å². The number of benzene rings is 2. The molecule has 2 rings (SSSR count). The number of amides is 2. The smallest absolute Gasteiger partial charge is 0.257 e. The Kier molecular flexibility index (Phi) is 7.12. The van der Waals surface area contributed by atoms with E-state index >= 15 is 0 Å². The summed E-state index contributed by atoms with van der Waals surface area (Å²) in [7, 11) is 0. The Bertz CT molecular complexity index is 789. The van der Waals surface area contributed by atoms with Crippen molar-refractivity contribution in [1.82, 2.24) is 5.32 Å². The molecule has 3 N–H and O–H groups in total. The Morgan fingerprint density at radius 3 is 2.04 bits per heavy atom. The van der Waals surface area contributed by atoms with Gasteiger partial charge in [-0.15, -0.1) is 0 Å². The standard InChI is InChI=1S/C19H20ClN3O2S/c1-12(2)11-17(24)21-15-7-9-16(10-8-15)22-19(26)23-18(25)13-3-5-14(20)6-4-13/h3-10,12H,11H2,1-2H3,(H,21,24)(H2,22,23,25,26). The molecule has 0 unspecified atom stereocenters. The fourth-order valence-electron chi connectivity index (χ4n) is 2.16. The lowest BCUT2D eigenvalue weighted by atomic mass is 10.1. The van der Waals surface area contributed by atoms with Crippen LogP contribution in [0.1, 0.15) is 30.6 Å². The van der Waals surface area contributed by atoms with E-state index in [9.17, 15) is 9.59 Å². The number of rotatable bonds is 5. The molecule has 2 aromatic rings. The molecule has 0 bridgehead atoms. The molecule has 0 spiro atoms. The predicted molar refractivity (Wildman–Crippen MR) is 110 cm³/mol. The largest absolute Gasteiger partial charge is 0.332 e. The van der Waals surface area contributed by atoms with Gasteiger partial charge in [0, 0.05) is 28.4 Å². The molecule has 0 aliphatic carbocycles. The molecular weight excluding hydrogens is 370 g/mol. The summed E-state index contributed by atoms with van der Waals surface area (Å²) in [5.74, 6) is -0.0410. The number of carbonyl (C=O) groups is 2. The third-order valence-corrected chi connectivity index (χ3v) is 3.81. The van der Waals surface area contributed by atoms with Crippen molar-refractivity contribution < 1.29 is 9.59 Å². The Morgan fingerprint density at radius 1 is 0.962 bits per heavy atom. The molecule has 0 atom stereocenters. The van der Waals surface area contributed by atoms with Crippen LogP contribution in [-0.2, 0) is 4.79 Å². The van der Waals surface area contributed by atoms with Crippen LogP contribution < -0.4 is 16.0 Å². The van der Waals surface area contributed by atoms with E-state index in [2.05, 4.69) is 16.0 Å². The maximum Gasteiger partial charge on any atom is 0.257 e. The molecule has 136 valence electrons. The van der Waals surface area contributed by atoms with Crippen LogP contribution in [0.3, 0.4) is 0 Å². The lowest BCUT2D eigenvalue weighted by molar-refractivity contribution is -0.116. The van der Waals surface area contributed by atoms with Crippen LogP contribution in [0.25, 0.3) is 0 Å². The summed E-state index contributed by atoms with van der Waals surface area (Å²) in [5, 5.41) is 9.10. The van der Waals surface area contributed by atoms with Crippen molar-refractivity contribution in [2.24, 2.45) is 5.92 Å². The summed E-state index contributed by atoms with van der Waals surface area (Å²) < 4.78 is 0. The molecule has 5 nitrogen and oxygen atoms in total. The highest BCUT2D eigenvalue weighted by molar-refractivity contribution is 7.80. The van der Waals surface area contributed by atoms with Gasteiger partial charge >= 0.3 is 0 Å². The first-order chi connectivity index (χ1) is 12.3. The van der Waals surface area contributed by atoms with E-state index in [0.717, 1.165) is 0 Å².